The lowest BCUT2D eigenvalue weighted by Gasteiger charge is -2.29. The average molecular weight is 461 g/mol. The quantitative estimate of drug-likeness (QED) is 0.670. The van der Waals surface area contributed by atoms with Gasteiger partial charge in [0.15, 0.2) is 0 Å². The molecule has 9 heteroatoms. The Balaban J connectivity index is 0.00000160. The lowest BCUT2D eigenvalue weighted by atomic mass is 9.92. The van der Waals surface area contributed by atoms with E-state index in [2.05, 4.69) is 15.7 Å². The molecule has 4 rings (SSSR count). The van der Waals surface area contributed by atoms with E-state index in [0.717, 1.165) is 17.7 Å². The predicted molar refractivity (Wildman–Crippen MR) is 118 cm³/mol. The molecular formula is C21H28Cl2F2N4O. The summed E-state index contributed by atoms with van der Waals surface area (Å²) in [5.41, 5.74) is 3.22. The minimum absolute atomic E-state index is 0. The molecule has 0 radical (unpaired) electrons. The topological polar surface area (TPSA) is 59.0 Å². The number of benzene rings is 1. The number of carbonyl (C=O) groups is 1. The van der Waals surface area contributed by atoms with E-state index >= 15 is 0 Å². The highest BCUT2D eigenvalue weighted by Gasteiger charge is 2.42. The van der Waals surface area contributed by atoms with Crippen molar-refractivity contribution in [2.24, 2.45) is 7.05 Å². The number of hydrogen-bond donors (Lipinski definition) is 2. The summed E-state index contributed by atoms with van der Waals surface area (Å²) in [6.45, 7) is 1.85. The van der Waals surface area contributed by atoms with E-state index in [4.69, 9.17) is 0 Å². The van der Waals surface area contributed by atoms with Gasteiger partial charge in [-0.05, 0) is 43.9 Å². The summed E-state index contributed by atoms with van der Waals surface area (Å²) in [6, 6.07) is 8.16. The van der Waals surface area contributed by atoms with Gasteiger partial charge in [-0.25, -0.2) is 8.78 Å². The van der Waals surface area contributed by atoms with Gasteiger partial charge >= 0.3 is 0 Å². The van der Waals surface area contributed by atoms with E-state index in [9.17, 15) is 13.6 Å². The molecule has 0 saturated heterocycles. The van der Waals surface area contributed by atoms with Gasteiger partial charge in [0, 0.05) is 49.7 Å². The number of carbonyl (C=O) groups excluding carboxylic acids is 1. The Morgan fingerprint density at radius 3 is 2.57 bits per heavy atom. The Morgan fingerprint density at radius 1 is 1.23 bits per heavy atom. The number of nitrogens with zero attached hydrogens (tertiary/aromatic N) is 2. The number of aromatic nitrogens is 2. The van der Waals surface area contributed by atoms with Gasteiger partial charge < -0.3 is 10.6 Å². The number of alkyl halides is 2. The van der Waals surface area contributed by atoms with Crippen LogP contribution in [-0.2, 0) is 7.05 Å². The van der Waals surface area contributed by atoms with Crippen LogP contribution in [0.25, 0.3) is 0 Å². The Bertz CT molecular complexity index is 880. The van der Waals surface area contributed by atoms with E-state index < -0.39 is 5.92 Å². The van der Waals surface area contributed by atoms with Crippen LogP contribution in [0.2, 0.25) is 0 Å². The highest BCUT2D eigenvalue weighted by molar-refractivity contribution is 6.04. The summed E-state index contributed by atoms with van der Waals surface area (Å²) in [4.78, 5) is 12.6. The highest BCUT2D eigenvalue weighted by Crippen LogP contribution is 2.43. The van der Waals surface area contributed by atoms with Crippen molar-refractivity contribution in [3.8, 4) is 0 Å². The molecule has 2 unspecified atom stereocenters. The van der Waals surface area contributed by atoms with Gasteiger partial charge in [-0.15, -0.1) is 24.8 Å². The van der Waals surface area contributed by atoms with E-state index in [0.29, 0.717) is 36.1 Å². The molecule has 2 aliphatic rings. The molecular weight excluding hydrogens is 433 g/mol. The first-order valence-corrected chi connectivity index (χ1v) is 9.86. The zero-order valence-corrected chi connectivity index (χ0v) is 18.7. The van der Waals surface area contributed by atoms with Gasteiger partial charge in [0.2, 0.25) is 5.92 Å². The summed E-state index contributed by atoms with van der Waals surface area (Å²) in [5.74, 6) is -2.30. The number of hydrogen-bond acceptors (Lipinski definition) is 3. The van der Waals surface area contributed by atoms with Crippen molar-refractivity contribution < 1.29 is 13.6 Å². The van der Waals surface area contributed by atoms with Crippen LogP contribution in [-0.4, -0.2) is 33.7 Å². The zero-order valence-electron chi connectivity index (χ0n) is 17.0. The summed E-state index contributed by atoms with van der Waals surface area (Å²) in [7, 11) is 1.82. The SMILES string of the molecule is Cc1nn(C)cc1NC(=O)c1cccc(C2CC2NC2CCC(F)(F)CC2)c1.Cl.Cl. The van der Waals surface area contributed by atoms with Crippen molar-refractivity contribution in [3.63, 3.8) is 0 Å². The van der Waals surface area contributed by atoms with Gasteiger partial charge in [-0.1, -0.05) is 12.1 Å². The highest BCUT2D eigenvalue weighted by atomic mass is 35.5. The van der Waals surface area contributed by atoms with Crippen LogP contribution in [0.5, 0.6) is 0 Å². The maximum Gasteiger partial charge on any atom is 0.255 e. The lowest BCUT2D eigenvalue weighted by Crippen LogP contribution is -2.38. The van der Waals surface area contributed by atoms with Crippen molar-refractivity contribution in [3.05, 3.63) is 47.3 Å². The van der Waals surface area contributed by atoms with Crippen LogP contribution < -0.4 is 10.6 Å². The van der Waals surface area contributed by atoms with Gasteiger partial charge in [0.25, 0.3) is 5.91 Å². The fraction of sp³-hybridized carbons (Fsp3) is 0.524. The molecule has 2 fully saturated rings. The largest absolute Gasteiger partial charge is 0.319 e. The molecule has 1 heterocycles. The minimum atomic E-state index is -2.49. The first-order valence-electron chi connectivity index (χ1n) is 9.86. The number of halogens is 4. The predicted octanol–water partition coefficient (Wildman–Crippen LogP) is 4.85. The van der Waals surface area contributed by atoms with Crippen LogP contribution in [0.4, 0.5) is 14.5 Å². The molecule has 0 aliphatic heterocycles. The molecule has 30 heavy (non-hydrogen) atoms. The number of aryl methyl sites for hydroxylation is 2. The Morgan fingerprint density at radius 2 is 1.93 bits per heavy atom. The number of anilines is 1. The second-order valence-corrected chi connectivity index (χ2v) is 8.13. The maximum atomic E-state index is 13.3. The monoisotopic (exact) mass is 460 g/mol. The van der Waals surface area contributed by atoms with Gasteiger partial charge in [0.05, 0.1) is 11.4 Å². The molecule has 1 aromatic carbocycles. The molecule has 166 valence electrons. The van der Waals surface area contributed by atoms with Crippen LogP contribution in [0.15, 0.2) is 30.5 Å². The van der Waals surface area contributed by atoms with Crippen LogP contribution in [0.1, 0.15) is 59.6 Å². The molecule has 1 aromatic heterocycles. The van der Waals surface area contributed by atoms with Crippen molar-refractivity contribution in [2.75, 3.05) is 5.32 Å². The Labute approximate surface area is 187 Å². The molecule has 0 spiro atoms. The second kappa shape index (κ2) is 9.62. The first kappa shape index (κ1) is 24.6. The van der Waals surface area contributed by atoms with Gasteiger partial charge in [0.1, 0.15) is 0 Å². The molecule has 1 amide bonds. The molecule has 2 aromatic rings. The van der Waals surface area contributed by atoms with Crippen LogP contribution in [0, 0.1) is 6.92 Å². The van der Waals surface area contributed by atoms with E-state index in [-0.39, 0.29) is 49.6 Å². The molecule has 0 bridgehead atoms. The molecule has 2 aliphatic carbocycles. The number of nitrogens with one attached hydrogen (secondary N) is 2. The Kier molecular flexibility index (Phi) is 7.88. The van der Waals surface area contributed by atoms with Gasteiger partial charge in [-0.3, -0.25) is 9.48 Å². The minimum Gasteiger partial charge on any atom is -0.319 e. The fourth-order valence-corrected chi connectivity index (χ4v) is 4.08. The van der Waals surface area contributed by atoms with E-state index in [1.807, 2.05) is 32.2 Å². The Hall–Kier alpha value is -1.70. The van der Waals surface area contributed by atoms with Crippen molar-refractivity contribution >= 4 is 36.4 Å². The molecule has 2 saturated carbocycles. The summed E-state index contributed by atoms with van der Waals surface area (Å²) in [5, 5.41) is 10.7. The number of rotatable bonds is 5. The van der Waals surface area contributed by atoms with Crippen molar-refractivity contribution in [2.45, 2.75) is 63.0 Å². The maximum absolute atomic E-state index is 13.3. The third-order valence-electron chi connectivity index (χ3n) is 5.80. The summed E-state index contributed by atoms with van der Waals surface area (Å²) in [6.07, 6.45) is 3.79. The molecule has 2 atom stereocenters. The average Bonchev–Trinajstić information content (AvgIpc) is 3.34. The van der Waals surface area contributed by atoms with Crippen molar-refractivity contribution in [1.82, 2.24) is 15.1 Å². The smallest absolute Gasteiger partial charge is 0.255 e. The van der Waals surface area contributed by atoms with Crippen LogP contribution in [0.3, 0.4) is 0 Å². The second-order valence-electron chi connectivity index (χ2n) is 8.13. The lowest BCUT2D eigenvalue weighted by molar-refractivity contribution is -0.0405. The fourth-order valence-electron chi connectivity index (χ4n) is 4.08. The standard InChI is InChI=1S/C21H26F2N4O.2ClH/c1-13-19(12-27(2)26-13)25-20(28)15-5-3-4-14(10-15)17-11-18(17)24-16-6-8-21(22,23)9-7-16;;/h3-5,10,12,16-18,24H,6-9,11H2,1-2H3,(H,25,28);2*1H. The zero-order chi connectivity index (χ0) is 19.9. The van der Waals surface area contributed by atoms with E-state index in [1.165, 1.54) is 0 Å². The first-order chi connectivity index (χ1) is 13.3. The summed E-state index contributed by atoms with van der Waals surface area (Å²) < 4.78 is 28.3. The summed E-state index contributed by atoms with van der Waals surface area (Å²) >= 11 is 0. The van der Waals surface area contributed by atoms with Crippen molar-refractivity contribution in [1.29, 1.82) is 0 Å². The molecule has 2 N–H and O–H groups in total. The third kappa shape index (κ3) is 5.71. The van der Waals surface area contributed by atoms with Crippen LogP contribution >= 0.6 is 24.8 Å². The molecule has 5 nitrogen and oxygen atoms in total. The van der Waals surface area contributed by atoms with Gasteiger partial charge in [-0.2, -0.15) is 5.10 Å². The van der Waals surface area contributed by atoms with E-state index in [1.54, 1.807) is 16.9 Å². The number of amides is 1. The normalized spacial score (nSPS) is 22.5. The third-order valence-corrected chi connectivity index (χ3v) is 5.80.